The average Bonchev–Trinajstić information content (AvgIpc) is 1.81. The lowest BCUT2D eigenvalue weighted by Gasteiger charge is -1.98. The molecule has 0 atom stereocenters. The summed E-state index contributed by atoms with van der Waals surface area (Å²) in [6.07, 6.45) is 0. The third-order valence-corrected chi connectivity index (χ3v) is 0.743. The Kier molecular flexibility index (Phi) is 6.78. The summed E-state index contributed by atoms with van der Waals surface area (Å²) in [5.41, 5.74) is 6.69. The van der Waals surface area contributed by atoms with Crippen LogP contribution in [0.2, 0.25) is 0 Å². The highest BCUT2D eigenvalue weighted by Gasteiger charge is 1.81. The fourth-order valence-electron chi connectivity index (χ4n) is 0.348. The van der Waals surface area contributed by atoms with Gasteiger partial charge in [0.2, 0.25) is 0 Å². The molecule has 0 aromatic rings. The minimum Gasteiger partial charge on any atom is -0.379 e. The number of likely N-dealkylation sites (N-methyl/N-ethyl adjacent to an activating group) is 1. The lowest BCUT2D eigenvalue weighted by Crippen LogP contribution is -2.15. The maximum atomic E-state index is 6.69. The number of hydrogen-bond donors (Lipinski definition) is 1. The van der Waals surface area contributed by atoms with E-state index in [1.165, 1.54) is 0 Å². The Morgan fingerprint density at radius 1 is 1.50 bits per heavy atom. The van der Waals surface area contributed by atoms with E-state index in [-0.39, 0.29) is 0 Å². The first kappa shape index (κ1) is 7.88. The van der Waals surface area contributed by atoms with Crippen molar-refractivity contribution in [3.05, 3.63) is 0 Å². The van der Waals surface area contributed by atoms with E-state index < -0.39 is 0 Å². The molecule has 8 heavy (non-hydrogen) atoms. The molecular formula is C5H13N2O. The van der Waals surface area contributed by atoms with Crippen LogP contribution in [0, 0.1) is 0 Å². The van der Waals surface area contributed by atoms with E-state index in [0.717, 1.165) is 13.2 Å². The van der Waals surface area contributed by atoms with Crippen LogP contribution in [0.4, 0.5) is 0 Å². The normalized spacial score (nSPS) is 9.75. The van der Waals surface area contributed by atoms with Gasteiger partial charge in [-0.25, -0.2) is 0 Å². The molecule has 0 unspecified atom stereocenters. The van der Waals surface area contributed by atoms with Crippen LogP contribution in [-0.2, 0) is 4.74 Å². The number of hydrogen-bond acceptors (Lipinski definition) is 2. The quantitative estimate of drug-likeness (QED) is 0.494. The molecule has 0 spiro atoms. The van der Waals surface area contributed by atoms with E-state index in [0.29, 0.717) is 13.2 Å². The summed E-state index contributed by atoms with van der Waals surface area (Å²) in [7, 11) is 1.88. The molecule has 0 aromatic heterocycles. The molecular weight excluding hydrogens is 104 g/mol. The molecule has 3 nitrogen and oxygen atoms in total. The minimum absolute atomic E-state index is 0.365. The zero-order valence-corrected chi connectivity index (χ0v) is 5.24. The zero-order chi connectivity index (χ0) is 6.24. The van der Waals surface area contributed by atoms with Gasteiger partial charge in [-0.1, -0.05) is 0 Å². The Bertz CT molecular complexity index is 35.4. The van der Waals surface area contributed by atoms with Gasteiger partial charge < -0.3 is 10.1 Å². The summed E-state index contributed by atoms with van der Waals surface area (Å²) in [5.74, 6) is 0. The first-order chi connectivity index (χ1) is 3.91. The first-order valence-corrected chi connectivity index (χ1v) is 2.78. The Morgan fingerprint density at radius 2 is 2.25 bits per heavy atom. The third kappa shape index (κ3) is 5.88. The second kappa shape index (κ2) is 6.88. The fourth-order valence-corrected chi connectivity index (χ4v) is 0.348. The molecule has 0 aliphatic heterocycles. The van der Waals surface area contributed by atoms with E-state index >= 15 is 0 Å². The summed E-state index contributed by atoms with van der Waals surface area (Å²) in [6.45, 7) is 2.51. The fraction of sp³-hybridized carbons (Fsp3) is 1.00. The monoisotopic (exact) mass is 117 g/mol. The highest BCUT2D eigenvalue weighted by atomic mass is 16.5. The van der Waals surface area contributed by atoms with Gasteiger partial charge in [-0.2, -0.15) is 0 Å². The topological polar surface area (TPSA) is 45.1 Å². The van der Waals surface area contributed by atoms with Crippen LogP contribution in [0.15, 0.2) is 0 Å². The van der Waals surface area contributed by atoms with E-state index in [4.69, 9.17) is 10.5 Å². The van der Waals surface area contributed by atoms with Crippen molar-refractivity contribution in [3.8, 4) is 0 Å². The van der Waals surface area contributed by atoms with Crippen LogP contribution in [0.1, 0.15) is 0 Å². The van der Waals surface area contributed by atoms with Gasteiger partial charge in [0.25, 0.3) is 0 Å². The van der Waals surface area contributed by atoms with Gasteiger partial charge in [0.15, 0.2) is 0 Å². The summed E-state index contributed by atoms with van der Waals surface area (Å²) in [5, 5.41) is 2.94. The summed E-state index contributed by atoms with van der Waals surface area (Å²) in [6, 6.07) is 0. The van der Waals surface area contributed by atoms with Crippen molar-refractivity contribution in [1.82, 2.24) is 11.1 Å². The minimum atomic E-state index is 0.365. The molecule has 0 saturated carbocycles. The summed E-state index contributed by atoms with van der Waals surface area (Å²) < 4.78 is 4.97. The molecule has 0 aromatic carbocycles. The Hall–Kier alpha value is -0.120. The molecule has 0 heterocycles. The number of nitrogens with one attached hydrogen (secondary N) is 2. The molecule has 0 aliphatic carbocycles. The summed E-state index contributed by atoms with van der Waals surface area (Å²) >= 11 is 0. The molecule has 49 valence electrons. The van der Waals surface area contributed by atoms with Crippen molar-refractivity contribution in [2.45, 2.75) is 0 Å². The SMILES string of the molecule is CNCCOCC[NH]. The van der Waals surface area contributed by atoms with Crippen LogP contribution in [0.5, 0.6) is 0 Å². The smallest absolute Gasteiger partial charge is 0.0605 e. The maximum absolute atomic E-state index is 6.69. The molecule has 0 fully saturated rings. The van der Waals surface area contributed by atoms with Gasteiger partial charge in [0.1, 0.15) is 0 Å². The lowest BCUT2D eigenvalue weighted by molar-refractivity contribution is 0.144. The molecule has 0 rings (SSSR count). The largest absolute Gasteiger partial charge is 0.379 e. The molecule has 0 aliphatic rings. The van der Waals surface area contributed by atoms with Crippen molar-refractivity contribution in [3.63, 3.8) is 0 Å². The predicted octanol–water partition coefficient (Wildman–Crippen LogP) is -0.495. The van der Waals surface area contributed by atoms with Crippen LogP contribution < -0.4 is 11.1 Å². The number of ether oxygens (including phenoxy) is 1. The molecule has 2 N–H and O–H groups in total. The molecule has 0 bridgehead atoms. The zero-order valence-electron chi connectivity index (χ0n) is 5.24. The van der Waals surface area contributed by atoms with Crippen molar-refractivity contribution in [2.75, 3.05) is 33.4 Å². The third-order valence-electron chi connectivity index (χ3n) is 0.743. The standard InChI is InChI=1S/C5H13N2O/c1-7-3-5-8-4-2-6/h6-7H,2-5H2,1H3. The first-order valence-electron chi connectivity index (χ1n) is 2.78. The van der Waals surface area contributed by atoms with E-state index in [2.05, 4.69) is 5.32 Å². The summed E-state index contributed by atoms with van der Waals surface area (Å²) in [4.78, 5) is 0. The predicted molar refractivity (Wildman–Crippen MR) is 32.7 cm³/mol. The second-order valence-electron chi connectivity index (χ2n) is 1.47. The average molecular weight is 117 g/mol. The van der Waals surface area contributed by atoms with Crippen molar-refractivity contribution in [1.29, 1.82) is 0 Å². The molecule has 0 amide bonds. The highest BCUT2D eigenvalue weighted by molar-refractivity contribution is 4.35. The van der Waals surface area contributed by atoms with Crippen LogP contribution >= 0.6 is 0 Å². The van der Waals surface area contributed by atoms with Gasteiger partial charge in [-0.3, -0.25) is 5.73 Å². The van der Waals surface area contributed by atoms with Crippen molar-refractivity contribution >= 4 is 0 Å². The van der Waals surface area contributed by atoms with Crippen molar-refractivity contribution in [2.24, 2.45) is 0 Å². The van der Waals surface area contributed by atoms with Crippen molar-refractivity contribution < 1.29 is 4.74 Å². The van der Waals surface area contributed by atoms with Crippen LogP contribution in [0.3, 0.4) is 0 Å². The molecule has 3 heteroatoms. The lowest BCUT2D eigenvalue weighted by atomic mass is 10.7. The van der Waals surface area contributed by atoms with Crippen LogP contribution in [0.25, 0.3) is 0 Å². The van der Waals surface area contributed by atoms with Gasteiger partial charge in [0, 0.05) is 13.1 Å². The van der Waals surface area contributed by atoms with E-state index in [1.54, 1.807) is 0 Å². The van der Waals surface area contributed by atoms with Gasteiger partial charge >= 0.3 is 0 Å². The van der Waals surface area contributed by atoms with E-state index in [9.17, 15) is 0 Å². The highest BCUT2D eigenvalue weighted by Crippen LogP contribution is 1.68. The number of rotatable bonds is 5. The molecule has 0 saturated heterocycles. The van der Waals surface area contributed by atoms with Crippen LogP contribution in [-0.4, -0.2) is 33.4 Å². The molecule has 1 radical (unpaired) electrons. The van der Waals surface area contributed by atoms with Gasteiger partial charge in [0.05, 0.1) is 13.2 Å². The van der Waals surface area contributed by atoms with Gasteiger partial charge in [-0.15, -0.1) is 0 Å². The van der Waals surface area contributed by atoms with E-state index in [1.807, 2.05) is 7.05 Å². The maximum Gasteiger partial charge on any atom is 0.0605 e. The second-order valence-corrected chi connectivity index (χ2v) is 1.47. The Balaban J connectivity index is 2.53. The Labute approximate surface area is 50.2 Å². The Morgan fingerprint density at radius 3 is 2.75 bits per heavy atom. The van der Waals surface area contributed by atoms with Gasteiger partial charge in [-0.05, 0) is 7.05 Å².